The zero-order chi connectivity index (χ0) is 28.6. The molecule has 2 heterocycles. The van der Waals surface area contributed by atoms with Gasteiger partial charge in [0.05, 0.1) is 17.4 Å². The second-order valence-corrected chi connectivity index (χ2v) is 11.0. The normalized spacial score (nSPS) is 11.1. The van der Waals surface area contributed by atoms with Gasteiger partial charge in [-0.25, -0.2) is 10.4 Å². The third kappa shape index (κ3) is 6.94. The van der Waals surface area contributed by atoms with Crippen LogP contribution in [0.3, 0.4) is 0 Å². The van der Waals surface area contributed by atoms with Crippen LogP contribution in [0.4, 0.5) is 0 Å². The molecule has 0 aliphatic carbocycles. The van der Waals surface area contributed by atoms with Gasteiger partial charge in [-0.2, -0.15) is 5.10 Å². The Labute approximate surface area is 250 Å². The number of ether oxygens (including phenoxy) is 1. The molecule has 0 saturated heterocycles. The highest BCUT2D eigenvalue weighted by Crippen LogP contribution is 2.32. The molecule has 2 aromatic heterocycles. The van der Waals surface area contributed by atoms with Crippen LogP contribution < -0.4 is 15.7 Å². The van der Waals surface area contributed by atoms with Crippen LogP contribution in [0.2, 0.25) is 5.02 Å². The van der Waals surface area contributed by atoms with Crippen molar-refractivity contribution in [1.82, 2.24) is 15.0 Å². The number of carbonyl (C=O) groups is 1. The van der Waals surface area contributed by atoms with E-state index in [9.17, 15) is 9.59 Å². The van der Waals surface area contributed by atoms with Crippen molar-refractivity contribution in [2.45, 2.75) is 18.3 Å². The third-order valence-electron chi connectivity index (χ3n) is 6.02. The van der Waals surface area contributed by atoms with Gasteiger partial charge in [-0.1, -0.05) is 78.0 Å². The highest BCUT2D eigenvalue weighted by Gasteiger charge is 2.17. The highest BCUT2D eigenvalue weighted by molar-refractivity contribution is 7.99. The van der Waals surface area contributed by atoms with Gasteiger partial charge in [0.15, 0.2) is 5.16 Å². The molecular weight excluding hydrogens is 576 g/mol. The van der Waals surface area contributed by atoms with Crippen LogP contribution in [0.5, 0.6) is 5.75 Å². The minimum atomic E-state index is -0.318. The Morgan fingerprint density at radius 1 is 1.10 bits per heavy atom. The molecule has 0 aliphatic rings. The van der Waals surface area contributed by atoms with E-state index < -0.39 is 0 Å². The summed E-state index contributed by atoms with van der Waals surface area (Å²) >= 11 is 8.77. The molecule has 1 N–H and O–H groups in total. The van der Waals surface area contributed by atoms with Crippen molar-refractivity contribution in [3.63, 3.8) is 0 Å². The second kappa shape index (κ2) is 13.5. The van der Waals surface area contributed by atoms with Crippen molar-refractivity contribution >= 4 is 57.0 Å². The third-order valence-corrected chi connectivity index (χ3v) is 8.24. The molecule has 0 unspecified atom stereocenters. The molecule has 0 saturated carbocycles. The maximum absolute atomic E-state index is 13.4. The minimum absolute atomic E-state index is 0.0399. The Kier molecular flexibility index (Phi) is 9.30. The van der Waals surface area contributed by atoms with Crippen LogP contribution in [-0.2, 0) is 17.9 Å². The number of allylic oxidation sites excluding steroid dienone is 1. The van der Waals surface area contributed by atoms with E-state index >= 15 is 0 Å². The van der Waals surface area contributed by atoms with Crippen molar-refractivity contribution < 1.29 is 9.53 Å². The number of fused-ring (bicyclic) bond motifs is 1. The van der Waals surface area contributed by atoms with Crippen LogP contribution in [0.1, 0.15) is 11.1 Å². The van der Waals surface area contributed by atoms with E-state index in [2.05, 4.69) is 17.1 Å². The first-order valence-corrected chi connectivity index (χ1v) is 14.9. The summed E-state index contributed by atoms with van der Waals surface area (Å²) in [6.45, 7) is 4.43. The zero-order valence-corrected chi connectivity index (χ0v) is 24.2. The van der Waals surface area contributed by atoms with E-state index in [1.807, 2.05) is 84.2 Å². The Morgan fingerprint density at radius 3 is 2.61 bits per heavy atom. The maximum atomic E-state index is 13.4. The molecule has 206 valence electrons. The van der Waals surface area contributed by atoms with Crippen LogP contribution in [0, 0.1) is 0 Å². The smallest absolute Gasteiger partial charge is 0.263 e. The number of halogens is 1. The Bertz CT molecular complexity index is 1770. The number of aromatic nitrogens is 2. The maximum Gasteiger partial charge on any atom is 0.263 e. The molecule has 0 atom stereocenters. The number of hydrazone groups is 1. The Morgan fingerprint density at radius 2 is 1.85 bits per heavy atom. The molecule has 0 fully saturated rings. The van der Waals surface area contributed by atoms with E-state index in [-0.39, 0.29) is 23.8 Å². The molecule has 10 heteroatoms. The molecule has 0 bridgehead atoms. The fourth-order valence-corrected chi connectivity index (χ4v) is 5.98. The lowest BCUT2D eigenvalue weighted by molar-refractivity contribution is -0.118. The first-order valence-electron chi connectivity index (χ1n) is 12.6. The van der Waals surface area contributed by atoms with Crippen LogP contribution in [0.25, 0.3) is 21.3 Å². The predicted octanol–water partition coefficient (Wildman–Crippen LogP) is 6.79. The van der Waals surface area contributed by atoms with Crippen LogP contribution >= 0.6 is 34.7 Å². The van der Waals surface area contributed by atoms with E-state index in [0.29, 0.717) is 32.8 Å². The molecule has 0 radical (unpaired) electrons. The molecule has 5 rings (SSSR count). The number of benzene rings is 3. The van der Waals surface area contributed by atoms with E-state index in [0.717, 1.165) is 22.3 Å². The molecule has 41 heavy (non-hydrogen) atoms. The number of amides is 1. The van der Waals surface area contributed by atoms with Crippen molar-refractivity contribution in [3.05, 3.63) is 123 Å². The van der Waals surface area contributed by atoms with Gasteiger partial charge in [-0.05, 0) is 41.5 Å². The van der Waals surface area contributed by atoms with E-state index in [1.165, 1.54) is 23.1 Å². The standard InChI is InChI=1S/C31H25ClN4O3S2/c1-2-16-36-30(38)28-25(22-8-4-3-5-9-22)19-40-29(28)34-31(36)41-20-27(37)35-33-17-21-12-14-24(15-13-21)39-18-23-10-6-7-11-26(23)32/h2-15,17,19H,1,16,18,20H2,(H,35,37)/b33-17+. The number of carbonyl (C=O) groups excluding carboxylic acids is 1. The van der Waals surface area contributed by atoms with Crippen molar-refractivity contribution in [2.24, 2.45) is 5.10 Å². The Balaban J connectivity index is 1.20. The molecule has 0 spiro atoms. The fourth-order valence-electron chi connectivity index (χ4n) is 4.00. The van der Waals surface area contributed by atoms with E-state index in [4.69, 9.17) is 21.3 Å². The summed E-state index contributed by atoms with van der Waals surface area (Å²) in [5.74, 6) is 0.416. The predicted molar refractivity (Wildman–Crippen MR) is 168 cm³/mol. The number of thioether (sulfide) groups is 1. The van der Waals surface area contributed by atoms with Gasteiger partial charge in [0.2, 0.25) is 0 Å². The first-order chi connectivity index (χ1) is 20.0. The van der Waals surface area contributed by atoms with Crippen LogP contribution in [-0.4, -0.2) is 27.4 Å². The largest absolute Gasteiger partial charge is 0.489 e. The lowest BCUT2D eigenvalue weighted by Gasteiger charge is -2.10. The average molecular weight is 601 g/mol. The summed E-state index contributed by atoms with van der Waals surface area (Å²) in [6, 6.07) is 24.6. The minimum Gasteiger partial charge on any atom is -0.489 e. The summed E-state index contributed by atoms with van der Waals surface area (Å²) in [7, 11) is 0. The summed E-state index contributed by atoms with van der Waals surface area (Å²) < 4.78 is 7.34. The number of hydrogen-bond acceptors (Lipinski definition) is 7. The fraction of sp³-hybridized carbons (Fsp3) is 0.0968. The first kappa shape index (κ1) is 28.4. The molecular formula is C31H25ClN4O3S2. The highest BCUT2D eigenvalue weighted by atomic mass is 35.5. The quantitative estimate of drug-likeness (QED) is 0.0593. The summed E-state index contributed by atoms with van der Waals surface area (Å²) in [5.41, 5.74) is 5.88. The van der Waals surface area contributed by atoms with Gasteiger partial charge in [-0.15, -0.1) is 17.9 Å². The summed E-state index contributed by atoms with van der Waals surface area (Å²) in [5, 5.41) is 7.68. The van der Waals surface area contributed by atoms with Crippen LogP contribution in [0.15, 0.2) is 112 Å². The number of hydrogen-bond donors (Lipinski definition) is 1. The summed E-state index contributed by atoms with van der Waals surface area (Å²) in [6.07, 6.45) is 3.19. The number of thiophene rings is 1. The van der Waals surface area contributed by atoms with Gasteiger partial charge in [-0.3, -0.25) is 14.2 Å². The second-order valence-electron chi connectivity index (χ2n) is 8.83. The topological polar surface area (TPSA) is 85.6 Å². The molecule has 5 aromatic rings. The van der Waals surface area contributed by atoms with Gasteiger partial charge >= 0.3 is 0 Å². The lowest BCUT2D eigenvalue weighted by Crippen LogP contribution is -2.24. The Hall–Kier alpha value is -4.18. The van der Waals surface area contributed by atoms with Crippen molar-refractivity contribution in [1.29, 1.82) is 0 Å². The zero-order valence-electron chi connectivity index (χ0n) is 21.8. The molecule has 0 aliphatic heterocycles. The van der Waals surface area contributed by atoms with Gasteiger partial charge < -0.3 is 4.74 Å². The van der Waals surface area contributed by atoms with Gasteiger partial charge in [0, 0.05) is 28.1 Å². The van der Waals surface area contributed by atoms with Crippen molar-refractivity contribution in [2.75, 3.05) is 5.75 Å². The number of nitrogens with zero attached hydrogens (tertiary/aromatic N) is 3. The lowest BCUT2D eigenvalue weighted by atomic mass is 10.1. The molecule has 1 amide bonds. The number of nitrogens with one attached hydrogen (secondary N) is 1. The summed E-state index contributed by atoms with van der Waals surface area (Å²) in [4.78, 5) is 31.3. The number of rotatable bonds is 11. The molecule has 3 aromatic carbocycles. The van der Waals surface area contributed by atoms with E-state index in [1.54, 1.807) is 16.9 Å². The SMILES string of the molecule is C=CCn1c(SCC(=O)N/N=C/c2ccc(OCc3ccccc3Cl)cc2)nc2scc(-c3ccccc3)c2c1=O. The molecule has 7 nitrogen and oxygen atoms in total. The van der Waals surface area contributed by atoms with Gasteiger partial charge in [0.25, 0.3) is 11.5 Å². The average Bonchev–Trinajstić information content (AvgIpc) is 3.43. The monoisotopic (exact) mass is 600 g/mol. The van der Waals surface area contributed by atoms with Gasteiger partial charge in [0.1, 0.15) is 17.2 Å². The van der Waals surface area contributed by atoms with Crippen molar-refractivity contribution in [3.8, 4) is 16.9 Å².